The first-order chi connectivity index (χ1) is 11.3. The number of allylic oxidation sites excluding steroid dienone is 2. The van der Waals surface area contributed by atoms with Crippen molar-refractivity contribution in [1.29, 1.82) is 0 Å². The Labute approximate surface area is 146 Å². The Bertz CT molecular complexity index is 617. The van der Waals surface area contributed by atoms with E-state index < -0.39 is 0 Å². The van der Waals surface area contributed by atoms with E-state index in [1.165, 1.54) is 57.4 Å². The molecular formula is C22H32O2. The predicted octanol–water partition coefficient (Wildman–Crippen LogP) is 5.44. The van der Waals surface area contributed by atoms with Crippen molar-refractivity contribution in [3.8, 4) is 0 Å². The molecule has 1 spiro atoms. The van der Waals surface area contributed by atoms with Crippen LogP contribution >= 0.6 is 0 Å². The zero-order valence-corrected chi connectivity index (χ0v) is 15.6. The van der Waals surface area contributed by atoms with Gasteiger partial charge in [0.05, 0.1) is 0 Å². The second kappa shape index (κ2) is 5.22. The fourth-order valence-electron chi connectivity index (χ4n) is 7.20. The Balaban J connectivity index is 1.71. The van der Waals surface area contributed by atoms with Gasteiger partial charge in [-0.3, -0.25) is 4.79 Å². The molecule has 2 heteroatoms. The summed E-state index contributed by atoms with van der Waals surface area (Å²) in [4.78, 5) is 11.4. The van der Waals surface area contributed by atoms with Crippen LogP contribution in [-0.2, 0) is 9.53 Å². The van der Waals surface area contributed by atoms with Crippen LogP contribution in [0.4, 0.5) is 0 Å². The molecule has 4 rings (SSSR count). The Hall–Kier alpha value is -1.05. The van der Waals surface area contributed by atoms with Crippen LogP contribution < -0.4 is 0 Å². The third-order valence-corrected chi connectivity index (χ3v) is 8.12. The molecule has 132 valence electrons. The number of carbonyl (C=O) groups excluding carboxylic acids is 1. The molecule has 0 heterocycles. The number of hydrogen-bond donors (Lipinski definition) is 0. The molecule has 5 atom stereocenters. The lowest BCUT2D eigenvalue weighted by molar-refractivity contribution is -0.145. The third-order valence-electron chi connectivity index (χ3n) is 8.12. The number of carbonyl (C=O) groups is 1. The summed E-state index contributed by atoms with van der Waals surface area (Å²) < 4.78 is 5.50. The van der Waals surface area contributed by atoms with Crippen LogP contribution in [0, 0.1) is 28.1 Å². The van der Waals surface area contributed by atoms with Crippen LogP contribution in [0.25, 0.3) is 0 Å². The lowest BCUT2D eigenvalue weighted by Crippen LogP contribution is -2.51. The Morgan fingerprint density at radius 3 is 2.88 bits per heavy atom. The van der Waals surface area contributed by atoms with Gasteiger partial charge >= 0.3 is 5.97 Å². The van der Waals surface area contributed by atoms with Gasteiger partial charge in [0.15, 0.2) is 0 Å². The van der Waals surface area contributed by atoms with E-state index in [2.05, 4.69) is 26.5 Å². The molecule has 0 saturated heterocycles. The first kappa shape index (κ1) is 16.4. The quantitative estimate of drug-likeness (QED) is 0.498. The van der Waals surface area contributed by atoms with Crippen molar-refractivity contribution in [1.82, 2.24) is 0 Å². The molecule has 0 radical (unpaired) electrons. The minimum atomic E-state index is -0.149. The van der Waals surface area contributed by atoms with Crippen molar-refractivity contribution in [2.45, 2.75) is 72.1 Å². The van der Waals surface area contributed by atoms with Crippen LogP contribution in [0.15, 0.2) is 23.8 Å². The van der Waals surface area contributed by atoms with Crippen molar-refractivity contribution in [3.63, 3.8) is 0 Å². The van der Waals surface area contributed by atoms with Gasteiger partial charge in [-0.2, -0.15) is 0 Å². The topological polar surface area (TPSA) is 26.3 Å². The van der Waals surface area contributed by atoms with E-state index in [1.54, 1.807) is 5.57 Å². The lowest BCUT2D eigenvalue weighted by atomic mass is 9.45. The van der Waals surface area contributed by atoms with Gasteiger partial charge in [0.2, 0.25) is 0 Å². The van der Waals surface area contributed by atoms with E-state index >= 15 is 0 Å². The van der Waals surface area contributed by atoms with Crippen molar-refractivity contribution in [3.05, 3.63) is 23.8 Å². The van der Waals surface area contributed by atoms with Crippen LogP contribution in [0.1, 0.15) is 72.1 Å². The summed E-state index contributed by atoms with van der Waals surface area (Å²) in [6, 6.07) is 0. The van der Waals surface area contributed by atoms with Gasteiger partial charge in [-0.05, 0) is 67.6 Å². The molecule has 2 bridgehead atoms. The molecule has 3 fully saturated rings. The van der Waals surface area contributed by atoms with Crippen molar-refractivity contribution in [2.75, 3.05) is 6.61 Å². The molecule has 4 aliphatic rings. The predicted molar refractivity (Wildman–Crippen MR) is 96.4 cm³/mol. The van der Waals surface area contributed by atoms with E-state index in [9.17, 15) is 4.79 Å². The van der Waals surface area contributed by atoms with Gasteiger partial charge in [0.1, 0.15) is 6.61 Å². The van der Waals surface area contributed by atoms with Crippen LogP contribution in [0.5, 0.6) is 0 Å². The SMILES string of the molecule is C=C1CC23CC=C4C(C)(COC(C)=O)CCCC4(C)C2CCC1C3. The standard InChI is InChI=1S/C22H32O2/c1-15-12-22-11-8-18-20(3,14-24-16(2)23)9-5-10-21(18,4)19(22)7-6-17(15)13-22/h8,17,19H,1,5-7,9-14H2,2-4H3. The maximum atomic E-state index is 11.4. The van der Waals surface area contributed by atoms with Gasteiger partial charge in [-0.15, -0.1) is 0 Å². The van der Waals surface area contributed by atoms with Crippen molar-refractivity contribution < 1.29 is 9.53 Å². The first-order valence-electron chi connectivity index (χ1n) is 9.81. The molecular weight excluding hydrogens is 296 g/mol. The minimum absolute atomic E-state index is 0.0345. The van der Waals surface area contributed by atoms with Crippen molar-refractivity contribution >= 4 is 5.97 Å². The van der Waals surface area contributed by atoms with Gasteiger partial charge in [-0.1, -0.05) is 44.1 Å². The molecule has 3 saturated carbocycles. The highest BCUT2D eigenvalue weighted by Crippen LogP contribution is 2.70. The molecule has 0 N–H and O–H groups in total. The van der Waals surface area contributed by atoms with Crippen molar-refractivity contribution in [2.24, 2.45) is 28.1 Å². The average molecular weight is 328 g/mol. The van der Waals surface area contributed by atoms with Gasteiger partial charge in [-0.25, -0.2) is 0 Å². The van der Waals surface area contributed by atoms with Crippen LogP contribution in [0.2, 0.25) is 0 Å². The summed E-state index contributed by atoms with van der Waals surface area (Å²) >= 11 is 0. The smallest absolute Gasteiger partial charge is 0.302 e. The fourth-order valence-corrected chi connectivity index (χ4v) is 7.20. The lowest BCUT2D eigenvalue weighted by Gasteiger charge is -2.60. The second-order valence-electron chi connectivity index (χ2n) is 9.66. The molecule has 0 aromatic carbocycles. The molecule has 0 aromatic rings. The van der Waals surface area contributed by atoms with E-state index in [0.717, 1.165) is 18.3 Å². The monoisotopic (exact) mass is 328 g/mol. The van der Waals surface area contributed by atoms with E-state index in [0.29, 0.717) is 17.4 Å². The highest BCUT2D eigenvalue weighted by atomic mass is 16.5. The van der Waals surface area contributed by atoms with Gasteiger partial charge in [0.25, 0.3) is 0 Å². The average Bonchev–Trinajstić information content (AvgIpc) is 2.74. The summed E-state index contributed by atoms with van der Waals surface area (Å²) in [6.45, 7) is 11.3. The summed E-state index contributed by atoms with van der Waals surface area (Å²) in [6.07, 6.45) is 12.8. The number of hydrogen-bond acceptors (Lipinski definition) is 2. The van der Waals surface area contributed by atoms with Crippen LogP contribution in [0.3, 0.4) is 0 Å². The summed E-state index contributed by atoms with van der Waals surface area (Å²) in [5.74, 6) is 1.43. The molecule has 0 amide bonds. The fraction of sp³-hybridized carbons (Fsp3) is 0.773. The van der Waals surface area contributed by atoms with Gasteiger partial charge < -0.3 is 4.74 Å². The highest BCUT2D eigenvalue weighted by molar-refractivity contribution is 5.66. The van der Waals surface area contributed by atoms with Crippen LogP contribution in [-0.4, -0.2) is 12.6 Å². The Morgan fingerprint density at radius 2 is 2.12 bits per heavy atom. The maximum Gasteiger partial charge on any atom is 0.302 e. The number of ether oxygens (including phenoxy) is 1. The third kappa shape index (κ3) is 2.17. The number of rotatable bonds is 2. The second-order valence-corrected chi connectivity index (χ2v) is 9.66. The molecule has 0 aromatic heterocycles. The largest absolute Gasteiger partial charge is 0.465 e. The first-order valence-corrected chi connectivity index (χ1v) is 9.81. The van der Waals surface area contributed by atoms with E-state index in [4.69, 9.17) is 4.74 Å². The van der Waals surface area contributed by atoms with E-state index in [-0.39, 0.29) is 11.4 Å². The highest BCUT2D eigenvalue weighted by Gasteiger charge is 2.60. The molecule has 4 aliphatic carbocycles. The minimum Gasteiger partial charge on any atom is -0.465 e. The summed E-state index contributed by atoms with van der Waals surface area (Å²) in [5, 5.41) is 0. The Morgan fingerprint density at radius 1 is 1.33 bits per heavy atom. The normalized spacial score (nSPS) is 46.8. The Kier molecular flexibility index (Phi) is 3.57. The molecule has 2 nitrogen and oxygen atoms in total. The number of fused-ring (bicyclic) bond motifs is 3. The maximum absolute atomic E-state index is 11.4. The summed E-state index contributed by atoms with van der Waals surface area (Å²) in [7, 11) is 0. The number of esters is 1. The molecule has 24 heavy (non-hydrogen) atoms. The summed E-state index contributed by atoms with van der Waals surface area (Å²) in [5.41, 5.74) is 3.94. The zero-order valence-electron chi connectivity index (χ0n) is 15.6. The zero-order chi connectivity index (χ0) is 17.2. The molecule has 0 aliphatic heterocycles. The van der Waals surface area contributed by atoms with Gasteiger partial charge in [0, 0.05) is 12.3 Å². The molecule has 5 unspecified atom stereocenters. The van der Waals surface area contributed by atoms with E-state index in [1.807, 2.05) is 0 Å².